The molecule has 7 heteroatoms. The van der Waals surface area contributed by atoms with Crippen LogP contribution in [0.3, 0.4) is 0 Å². The maximum Gasteiger partial charge on any atom is 0.254 e. The molecule has 1 saturated heterocycles. The summed E-state index contributed by atoms with van der Waals surface area (Å²) in [5, 5.41) is 4.90. The summed E-state index contributed by atoms with van der Waals surface area (Å²) in [6, 6.07) is 15.2. The van der Waals surface area contributed by atoms with Gasteiger partial charge in [0.1, 0.15) is 11.6 Å². The van der Waals surface area contributed by atoms with Gasteiger partial charge >= 0.3 is 0 Å². The number of nitrogens with zero attached hydrogens (tertiary/aromatic N) is 5. The van der Waals surface area contributed by atoms with E-state index in [-0.39, 0.29) is 17.8 Å². The number of halogens is 1. The van der Waals surface area contributed by atoms with E-state index < -0.39 is 0 Å². The van der Waals surface area contributed by atoms with E-state index in [0.29, 0.717) is 23.8 Å². The summed E-state index contributed by atoms with van der Waals surface area (Å²) in [6.07, 6.45) is 4.64. The zero-order valence-electron chi connectivity index (χ0n) is 25.2. The number of anilines is 1. The molecule has 0 saturated carbocycles. The van der Waals surface area contributed by atoms with E-state index in [4.69, 9.17) is 5.10 Å². The highest BCUT2D eigenvalue weighted by molar-refractivity contribution is 5.94. The maximum absolute atomic E-state index is 14.3. The Labute approximate surface area is 239 Å². The number of unbranched alkanes of at least 4 members (excludes halogenated alkanes) is 2. The van der Waals surface area contributed by atoms with E-state index >= 15 is 0 Å². The van der Waals surface area contributed by atoms with Crippen molar-refractivity contribution in [3.8, 4) is 5.69 Å². The molecule has 6 nitrogen and oxygen atoms in total. The van der Waals surface area contributed by atoms with Crippen molar-refractivity contribution in [1.82, 2.24) is 19.6 Å². The second-order valence-electron chi connectivity index (χ2n) is 11.6. The average Bonchev–Trinajstić information content (AvgIpc) is 3.27. The van der Waals surface area contributed by atoms with Crippen molar-refractivity contribution in [3.05, 3.63) is 76.7 Å². The Hall–Kier alpha value is -3.19. The molecule has 4 rings (SSSR count). The molecule has 0 spiro atoms. The Morgan fingerprint density at radius 3 is 2.30 bits per heavy atom. The highest BCUT2D eigenvalue weighted by Gasteiger charge is 2.29. The van der Waals surface area contributed by atoms with Gasteiger partial charge in [0.15, 0.2) is 0 Å². The lowest BCUT2D eigenvalue weighted by atomic mass is 10.0. The van der Waals surface area contributed by atoms with E-state index in [1.165, 1.54) is 37.0 Å². The number of hydrogen-bond acceptors (Lipinski definition) is 4. The summed E-state index contributed by atoms with van der Waals surface area (Å²) in [5.41, 5.74) is 4.54. The van der Waals surface area contributed by atoms with Crippen molar-refractivity contribution in [2.75, 3.05) is 31.1 Å². The Morgan fingerprint density at radius 2 is 1.70 bits per heavy atom. The van der Waals surface area contributed by atoms with Gasteiger partial charge in [-0.05, 0) is 83.4 Å². The number of benzene rings is 2. The van der Waals surface area contributed by atoms with Crippen molar-refractivity contribution in [2.24, 2.45) is 0 Å². The van der Waals surface area contributed by atoms with Crippen LogP contribution in [0.4, 0.5) is 10.2 Å². The van der Waals surface area contributed by atoms with E-state index in [9.17, 15) is 9.18 Å². The van der Waals surface area contributed by atoms with Gasteiger partial charge in [-0.1, -0.05) is 38.0 Å². The lowest BCUT2D eigenvalue weighted by molar-refractivity contribution is 0.0690. The Kier molecular flexibility index (Phi) is 10.0. The Balaban J connectivity index is 1.66. The van der Waals surface area contributed by atoms with Crippen LogP contribution in [-0.2, 0) is 13.0 Å². The smallest absolute Gasteiger partial charge is 0.254 e. The van der Waals surface area contributed by atoms with Crippen molar-refractivity contribution < 1.29 is 9.18 Å². The van der Waals surface area contributed by atoms with Gasteiger partial charge < -0.3 is 9.80 Å². The molecule has 0 atom stereocenters. The second-order valence-corrected chi connectivity index (χ2v) is 11.6. The number of rotatable bonds is 11. The van der Waals surface area contributed by atoms with Crippen LogP contribution in [0.25, 0.3) is 5.69 Å². The summed E-state index contributed by atoms with van der Waals surface area (Å²) < 4.78 is 16.2. The minimum absolute atomic E-state index is 0.000659. The van der Waals surface area contributed by atoms with Crippen molar-refractivity contribution >= 4 is 11.7 Å². The average molecular weight is 548 g/mol. The Bertz CT molecular complexity index is 1260. The third kappa shape index (κ3) is 6.92. The van der Waals surface area contributed by atoms with Crippen LogP contribution in [0.2, 0.25) is 0 Å². The molecule has 1 aliphatic rings. The van der Waals surface area contributed by atoms with Crippen LogP contribution >= 0.6 is 0 Å². The first-order valence-electron chi connectivity index (χ1n) is 14.9. The molecule has 0 aliphatic carbocycles. The molecule has 0 bridgehead atoms. The lowest BCUT2D eigenvalue weighted by Crippen LogP contribution is -2.49. The molecular formula is C33H46FN5O. The molecule has 40 heavy (non-hydrogen) atoms. The molecular weight excluding hydrogens is 501 g/mol. The predicted molar refractivity (Wildman–Crippen MR) is 162 cm³/mol. The fraction of sp³-hybridized carbons (Fsp3) is 0.515. The zero-order valence-corrected chi connectivity index (χ0v) is 25.2. The number of carbonyl (C=O) groups excluding carboxylic acids is 1. The van der Waals surface area contributed by atoms with Crippen LogP contribution < -0.4 is 4.90 Å². The van der Waals surface area contributed by atoms with Gasteiger partial charge in [-0.15, -0.1) is 0 Å². The second kappa shape index (κ2) is 13.4. The standard InChI is InChI=1S/C33H46FN5O/c1-7-8-9-11-27-14-16-28(17-15-27)33(40)38(25(4)5)23-31-26(6)35-39(30-13-10-12-29(34)22-30)32(31)37-20-18-36(19-21-37)24(2)3/h10,12-17,22,24-25H,7-9,11,18-21,23H2,1-6H3. The molecule has 1 aromatic heterocycles. The highest BCUT2D eigenvalue weighted by atomic mass is 19.1. The van der Waals surface area contributed by atoms with Gasteiger partial charge in [-0.3, -0.25) is 9.69 Å². The molecule has 0 radical (unpaired) electrons. The lowest BCUT2D eigenvalue weighted by Gasteiger charge is -2.39. The zero-order chi connectivity index (χ0) is 28.8. The molecule has 0 unspecified atom stereocenters. The summed E-state index contributed by atoms with van der Waals surface area (Å²) in [7, 11) is 0. The quantitative estimate of drug-likeness (QED) is 0.253. The van der Waals surface area contributed by atoms with Crippen molar-refractivity contribution in [3.63, 3.8) is 0 Å². The third-order valence-corrected chi connectivity index (χ3v) is 8.04. The largest absolute Gasteiger partial charge is 0.354 e. The van der Waals surface area contributed by atoms with Crippen LogP contribution in [-0.4, -0.2) is 63.8 Å². The first-order valence-corrected chi connectivity index (χ1v) is 14.9. The molecule has 3 aromatic rings. The number of piperazine rings is 1. The monoisotopic (exact) mass is 547 g/mol. The number of carbonyl (C=O) groups is 1. The fourth-order valence-electron chi connectivity index (χ4n) is 5.51. The van der Waals surface area contributed by atoms with Gasteiger partial charge in [0.25, 0.3) is 5.91 Å². The van der Waals surface area contributed by atoms with E-state index in [1.54, 1.807) is 6.07 Å². The van der Waals surface area contributed by atoms with Crippen LogP contribution in [0.15, 0.2) is 48.5 Å². The van der Waals surface area contributed by atoms with E-state index in [0.717, 1.165) is 49.7 Å². The molecule has 2 aromatic carbocycles. The van der Waals surface area contributed by atoms with Crippen molar-refractivity contribution in [2.45, 2.75) is 85.9 Å². The van der Waals surface area contributed by atoms with Gasteiger partial charge in [-0.2, -0.15) is 5.10 Å². The minimum atomic E-state index is -0.292. The number of aryl methyl sites for hydroxylation is 2. The molecule has 1 fully saturated rings. The number of aromatic nitrogens is 2. The summed E-state index contributed by atoms with van der Waals surface area (Å²) in [4.78, 5) is 20.6. The number of amides is 1. The summed E-state index contributed by atoms with van der Waals surface area (Å²) >= 11 is 0. The SMILES string of the molecule is CCCCCc1ccc(C(=O)N(Cc2c(C)nn(-c3cccc(F)c3)c2N2CCN(C(C)C)CC2)C(C)C)cc1. The molecule has 2 heterocycles. The Morgan fingerprint density at radius 1 is 1.00 bits per heavy atom. The maximum atomic E-state index is 14.3. The number of hydrogen-bond donors (Lipinski definition) is 0. The molecule has 1 aliphatic heterocycles. The van der Waals surface area contributed by atoms with E-state index in [1.807, 2.05) is 34.7 Å². The van der Waals surface area contributed by atoms with Gasteiger partial charge in [0.2, 0.25) is 0 Å². The van der Waals surface area contributed by atoms with E-state index in [2.05, 4.69) is 56.6 Å². The van der Waals surface area contributed by atoms with Gasteiger partial charge in [0.05, 0.1) is 17.9 Å². The van der Waals surface area contributed by atoms with Crippen LogP contribution in [0, 0.1) is 12.7 Å². The molecule has 1 amide bonds. The molecule has 216 valence electrons. The topological polar surface area (TPSA) is 44.6 Å². The third-order valence-electron chi connectivity index (χ3n) is 8.04. The van der Waals surface area contributed by atoms with Crippen LogP contribution in [0.5, 0.6) is 0 Å². The predicted octanol–water partition coefficient (Wildman–Crippen LogP) is 6.63. The summed E-state index contributed by atoms with van der Waals surface area (Å²) in [6.45, 7) is 16.8. The minimum Gasteiger partial charge on any atom is -0.354 e. The molecule has 0 N–H and O–H groups in total. The van der Waals surface area contributed by atoms with Gasteiger partial charge in [-0.25, -0.2) is 9.07 Å². The van der Waals surface area contributed by atoms with Crippen molar-refractivity contribution in [1.29, 1.82) is 0 Å². The first kappa shape index (κ1) is 29.8. The highest BCUT2D eigenvalue weighted by Crippen LogP contribution is 2.31. The fourth-order valence-corrected chi connectivity index (χ4v) is 5.51. The normalized spacial score (nSPS) is 14.4. The first-order chi connectivity index (χ1) is 19.2. The van der Waals surface area contributed by atoms with Crippen LogP contribution in [0.1, 0.15) is 81.1 Å². The summed E-state index contributed by atoms with van der Waals surface area (Å²) in [5.74, 6) is 0.680. The van der Waals surface area contributed by atoms with Gasteiger partial charge in [0, 0.05) is 49.4 Å².